The Hall–Kier alpha value is -2.60. The first-order valence-electron chi connectivity index (χ1n) is 7.87. The second kappa shape index (κ2) is 5.21. The molecule has 1 aliphatic heterocycles. The average molecular weight is 337 g/mol. The van der Waals surface area contributed by atoms with Gasteiger partial charge in [0.15, 0.2) is 16.6 Å². The number of aromatic nitrogens is 2. The van der Waals surface area contributed by atoms with Crippen molar-refractivity contribution in [1.29, 1.82) is 0 Å². The summed E-state index contributed by atoms with van der Waals surface area (Å²) in [6, 6.07) is 10.2. The lowest BCUT2D eigenvalue weighted by atomic mass is 10.0. The number of nitrogens with one attached hydrogen (secondary N) is 1. The fourth-order valence-corrected chi connectivity index (χ4v) is 3.91. The maximum absolute atomic E-state index is 5.51. The molecule has 0 radical (unpaired) electrons. The van der Waals surface area contributed by atoms with Crippen molar-refractivity contribution in [2.75, 3.05) is 12.1 Å². The van der Waals surface area contributed by atoms with Crippen molar-refractivity contribution in [2.45, 2.75) is 18.4 Å². The van der Waals surface area contributed by atoms with Crippen molar-refractivity contribution in [3.8, 4) is 21.9 Å². The third-order valence-corrected chi connectivity index (χ3v) is 5.45. The summed E-state index contributed by atoms with van der Waals surface area (Å²) in [6.07, 6.45) is 7.71. The van der Waals surface area contributed by atoms with Crippen molar-refractivity contribution >= 4 is 16.5 Å². The molecular weight excluding hydrogens is 322 g/mol. The van der Waals surface area contributed by atoms with Crippen LogP contribution in [0, 0.1) is 0 Å². The molecule has 3 aromatic rings. The number of hydrogen-bond donors (Lipinski definition) is 1. The molecule has 1 aromatic carbocycles. The van der Waals surface area contributed by atoms with Crippen LogP contribution >= 0.6 is 11.3 Å². The number of anilines is 1. The van der Waals surface area contributed by atoms with Gasteiger partial charge in [-0.25, -0.2) is 4.98 Å². The number of rotatable bonds is 4. The van der Waals surface area contributed by atoms with Crippen LogP contribution in [0.4, 0.5) is 5.13 Å². The summed E-state index contributed by atoms with van der Waals surface area (Å²) < 4.78 is 10.9. The normalized spacial score (nSPS) is 16.8. The number of benzene rings is 1. The van der Waals surface area contributed by atoms with Crippen molar-refractivity contribution in [2.24, 2.45) is 0 Å². The molecule has 3 heterocycles. The number of fused-ring (bicyclic) bond motifs is 1. The summed E-state index contributed by atoms with van der Waals surface area (Å²) in [6.45, 7) is 0.307. The lowest BCUT2D eigenvalue weighted by Crippen LogP contribution is -2.18. The minimum Gasteiger partial charge on any atom is -0.454 e. The second-order valence-corrected chi connectivity index (χ2v) is 7.07. The van der Waals surface area contributed by atoms with Crippen LogP contribution in [0.2, 0.25) is 0 Å². The molecule has 1 aliphatic carbocycles. The Labute approximate surface area is 143 Å². The van der Waals surface area contributed by atoms with Gasteiger partial charge in [-0.3, -0.25) is 4.98 Å². The highest BCUT2D eigenvalue weighted by atomic mass is 32.1. The molecule has 5 rings (SSSR count). The van der Waals surface area contributed by atoms with Gasteiger partial charge in [-0.1, -0.05) is 17.4 Å². The quantitative estimate of drug-likeness (QED) is 0.779. The van der Waals surface area contributed by atoms with Gasteiger partial charge in [-0.05, 0) is 48.2 Å². The van der Waals surface area contributed by atoms with E-state index in [1.54, 1.807) is 23.7 Å². The van der Waals surface area contributed by atoms with E-state index in [9.17, 15) is 0 Å². The minimum atomic E-state index is -0.0334. The number of pyridine rings is 1. The number of thiazole rings is 1. The number of hydrogen-bond acceptors (Lipinski definition) is 6. The van der Waals surface area contributed by atoms with E-state index in [0.29, 0.717) is 6.79 Å². The first-order valence-corrected chi connectivity index (χ1v) is 8.69. The van der Waals surface area contributed by atoms with Gasteiger partial charge in [0, 0.05) is 18.6 Å². The molecule has 6 heteroatoms. The number of ether oxygens (including phenoxy) is 2. The zero-order valence-corrected chi connectivity index (χ0v) is 13.7. The summed E-state index contributed by atoms with van der Waals surface area (Å²) >= 11 is 1.67. The molecule has 120 valence electrons. The monoisotopic (exact) mass is 337 g/mol. The molecular formula is C18H15N3O2S. The molecule has 1 fully saturated rings. The zero-order chi connectivity index (χ0) is 16.0. The second-order valence-electron chi connectivity index (χ2n) is 6.04. The summed E-state index contributed by atoms with van der Waals surface area (Å²) in [5.74, 6) is 1.65. The molecule has 0 unspecified atom stereocenters. The van der Waals surface area contributed by atoms with E-state index < -0.39 is 0 Å². The van der Waals surface area contributed by atoms with Crippen LogP contribution in [0.3, 0.4) is 0 Å². The highest BCUT2D eigenvalue weighted by Gasteiger charge is 2.45. The van der Waals surface area contributed by atoms with Crippen molar-refractivity contribution in [1.82, 2.24) is 9.97 Å². The van der Waals surface area contributed by atoms with Crippen molar-refractivity contribution in [3.05, 3.63) is 54.5 Å². The van der Waals surface area contributed by atoms with Crippen LogP contribution in [-0.4, -0.2) is 16.8 Å². The molecule has 0 spiro atoms. The van der Waals surface area contributed by atoms with Crippen LogP contribution in [0.5, 0.6) is 11.5 Å². The van der Waals surface area contributed by atoms with Crippen molar-refractivity contribution in [3.63, 3.8) is 0 Å². The Bertz CT molecular complexity index is 890. The molecule has 2 aromatic heterocycles. The standard InChI is InChI=1S/C18H15N3O2S/c1-2-14-15(23-11-22-14)9-13(1)18(5-6-18)21-17-20-10-16(24-17)12-3-7-19-8-4-12/h1-4,7-10H,5-6,11H2,(H,20,21). The predicted molar refractivity (Wildman–Crippen MR) is 92.4 cm³/mol. The van der Waals surface area contributed by atoms with Gasteiger partial charge in [0.25, 0.3) is 0 Å². The summed E-state index contributed by atoms with van der Waals surface area (Å²) in [7, 11) is 0. The van der Waals surface area contributed by atoms with E-state index in [1.807, 2.05) is 24.4 Å². The summed E-state index contributed by atoms with van der Waals surface area (Å²) in [5, 5.41) is 4.56. The molecule has 5 nitrogen and oxygen atoms in total. The van der Waals surface area contributed by atoms with E-state index in [4.69, 9.17) is 9.47 Å². The zero-order valence-electron chi connectivity index (χ0n) is 12.9. The van der Waals surface area contributed by atoms with Gasteiger partial charge >= 0.3 is 0 Å². The lowest BCUT2D eigenvalue weighted by Gasteiger charge is -2.17. The van der Waals surface area contributed by atoms with Crippen LogP contribution in [0.1, 0.15) is 18.4 Å². The molecule has 0 saturated heterocycles. The lowest BCUT2D eigenvalue weighted by molar-refractivity contribution is 0.174. The van der Waals surface area contributed by atoms with Gasteiger partial charge in [0.1, 0.15) is 0 Å². The highest BCUT2D eigenvalue weighted by molar-refractivity contribution is 7.18. The Balaban J connectivity index is 1.41. The van der Waals surface area contributed by atoms with Gasteiger partial charge in [0.2, 0.25) is 6.79 Å². The van der Waals surface area contributed by atoms with Gasteiger partial charge in [0.05, 0.1) is 10.4 Å². The Morgan fingerprint density at radius 3 is 2.71 bits per heavy atom. The third kappa shape index (κ3) is 2.30. The largest absolute Gasteiger partial charge is 0.454 e. The van der Waals surface area contributed by atoms with Crippen LogP contribution in [0.15, 0.2) is 48.9 Å². The maximum atomic E-state index is 5.51. The van der Waals surface area contributed by atoms with E-state index >= 15 is 0 Å². The fourth-order valence-electron chi connectivity index (χ4n) is 2.99. The van der Waals surface area contributed by atoms with Crippen LogP contribution in [0.25, 0.3) is 10.4 Å². The molecule has 1 N–H and O–H groups in total. The molecule has 0 atom stereocenters. The molecule has 0 amide bonds. The number of nitrogens with zero attached hydrogens (tertiary/aromatic N) is 2. The molecule has 1 saturated carbocycles. The molecule has 2 aliphatic rings. The summed E-state index contributed by atoms with van der Waals surface area (Å²) in [4.78, 5) is 9.75. The Kier molecular flexibility index (Phi) is 2.99. The van der Waals surface area contributed by atoms with E-state index in [1.165, 1.54) is 5.56 Å². The first-order chi connectivity index (χ1) is 11.8. The Morgan fingerprint density at radius 2 is 1.88 bits per heavy atom. The van der Waals surface area contributed by atoms with Crippen molar-refractivity contribution < 1.29 is 9.47 Å². The van der Waals surface area contributed by atoms with Crippen LogP contribution in [-0.2, 0) is 5.54 Å². The van der Waals surface area contributed by atoms with Gasteiger partial charge < -0.3 is 14.8 Å². The topological polar surface area (TPSA) is 56.3 Å². The van der Waals surface area contributed by atoms with Crippen LogP contribution < -0.4 is 14.8 Å². The average Bonchev–Trinajstić information content (AvgIpc) is 3.05. The molecule has 0 bridgehead atoms. The fraction of sp³-hybridized carbons (Fsp3) is 0.222. The third-order valence-electron chi connectivity index (χ3n) is 4.49. The minimum absolute atomic E-state index is 0.0334. The van der Waals surface area contributed by atoms with Gasteiger partial charge in [-0.2, -0.15) is 0 Å². The predicted octanol–water partition coefficient (Wildman–Crippen LogP) is 4.04. The Morgan fingerprint density at radius 1 is 1.04 bits per heavy atom. The van der Waals surface area contributed by atoms with Gasteiger partial charge in [-0.15, -0.1) is 0 Å². The molecule has 24 heavy (non-hydrogen) atoms. The smallest absolute Gasteiger partial charge is 0.231 e. The SMILES string of the molecule is c1cc(-c2cnc(NC3(c4ccc5c(c4)OCO5)CC3)s2)ccn1. The highest BCUT2D eigenvalue weighted by Crippen LogP contribution is 2.51. The van der Waals surface area contributed by atoms with E-state index in [2.05, 4.69) is 27.4 Å². The summed E-state index contributed by atoms with van der Waals surface area (Å²) in [5.41, 5.74) is 2.34. The van der Waals surface area contributed by atoms with E-state index in [0.717, 1.165) is 39.9 Å². The maximum Gasteiger partial charge on any atom is 0.231 e. The first kappa shape index (κ1) is 13.8. The van der Waals surface area contributed by atoms with E-state index in [-0.39, 0.29) is 5.54 Å².